The molecule has 0 unspecified atom stereocenters. The van der Waals surface area contributed by atoms with Gasteiger partial charge in [-0.2, -0.15) is 0 Å². The number of rotatable bonds is 4. The van der Waals surface area contributed by atoms with Gasteiger partial charge >= 0.3 is 0 Å². The molecule has 0 saturated heterocycles. The predicted molar refractivity (Wildman–Crippen MR) is 75.9 cm³/mol. The summed E-state index contributed by atoms with van der Waals surface area (Å²) in [7, 11) is 1.88. The van der Waals surface area contributed by atoms with E-state index in [1.807, 2.05) is 7.05 Å². The van der Waals surface area contributed by atoms with E-state index in [1.165, 1.54) is 5.56 Å². The Morgan fingerprint density at radius 1 is 1.28 bits per heavy atom. The van der Waals surface area contributed by atoms with Crippen LogP contribution in [0.5, 0.6) is 0 Å². The highest BCUT2D eigenvalue weighted by molar-refractivity contribution is 6.31. The summed E-state index contributed by atoms with van der Waals surface area (Å²) in [4.78, 5) is 7.57. The van der Waals surface area contributed by atoms with Crippen LogP contribution in [0.1, 0.15) is 31.2 Å². The van der Waals surface area contributed by atoms with Gasteiger partial charge in [-0.15, -0.1) is 0 Å². The van der Waals surface area contributed by atoms with Crippen LogP contribution >= 0.6 is 11.6 Å². The number of imidazole rings is 1. The summed E-state index contributed by atoms with van der Waals surface area (Å²) in [6.07, 6.45) is 0. The van der Waals surface area contributed by atoms with Gasteiger partial charge in [-0.1, -0.05) is 49.7 Å². The third-order valence-corrected chi connectivity index (χ3v) is 3.18. The first kappa shape index (κ1) is 13.1. The Morgan fingerprint density at radius 2 is 1.94 bits per heavy atom. The number of aromatic amines is 1. The van der Waals surface area contributed by atoms with Crippen molar-refractivity contribution in [2.75, 3.05) is 7.05 Å². The zero-order chi connectivity index (χ0) is 13.1. The molecule has 0 saturated carbocycles. The van der Waals surface area contributed by atoms with Crippen LogP contribution in [0.25, 0.3) is 11.3 Å². The van der Waals surface area contributed by atoms with Crippen LogP contribution < -0.4 is 5.32 Å². The van der Waals surface area contributed by atoms with Gasteiger partial charge in [0.25, 0.3) is 0 Å². The molecule has 18 heavy (non-hydrogen) atoms. The Bertz CT molecular complexity index is 514. The smallest absolute Gasteiger partial charge is 0.134 e. The lowest BCUT2D eigenvalue weighted by Gasteiger charge is -2.05. The number of aromatic nitrogens is 2. The van der Waals surface area contributed by atoms with Crippen molar-refractivity contribution in [3.8, 4) is 11.3 Å². The molecule has 0 amide bonds. The second-order valence-electron chi connectivity index (χ2n) is 4.65. The van der Waals surface area contributed by atoms with E-state index in [0.29, 0.717) is 17.6 Å². The summed E-state index contributed by atoms with van der Waals surface area (Å²) in [6.45, 7) is 5.05. The summed E-state index contributed by atoms with van der Waals surface area (Å²) in [5.74, 6) is 1.39. The maximum atomic E-state index is 6.17. The largest absolute Gasteiger partial charge is 0.331 e. The summed E-state index contributed by atoms with van der Waals surface area (Å²) < 4.78 is 0. The van der Waals surface area contributed by atoms with Gasteiger partial charge < -0.3 is 10.3 Å². The van der Waals surface area contributed by atoms with Gasteiger partial charge in [0.15, 0.2) is 0 Å². The van der Waals surface area contributed by atoms with Crippen molar-refractivity contribution < 1.29 is 0 Å². The monoisotopic (exact) mass is 263 g/mol. The molecule has 0 bridgehead atoms. The van der Waals surface area contributed by atoms with Crippen LogP contribution in [-0.4, -0.2) is 17.0 Å². The van der Waals surface area contributed by atoms with E-state index in [-0.39, 0.29) is 0 Å². The number of halogens is 1. The molecule has 0 aliphatic carbocycles. The number of hydrogen-bond acceptors (Lipinski definition) is 2. The lowest BCUT2D eigenvalue weighted by Crippen LogP contribution is -2.06. The second kappa shape index (κ2) is 5.55. The first-order chi connectivity index (χ1) is 8.61. The molecule has 0 fully saturated rings. The fourth-order valence-corrected chi connectivity index (χ4v) is 2.13. The van der Waals surface area contributed by atoms with E-state index in [0.717, 1.165) is 17.1 Å². The first-order valence-corrected chi connectivity index (χ1v) is 6.49. The molecule has 4 heteroatoms. The van der Waals surface area contributed by atoms with Crippen molar-refractivity contribution >= 4 is 11.6 Å². The van der Waals surface area contributed by atoms with Gasteiger partial charge in [-0.3, -0.25) is 0 Å². The number of hydrogen-bond donors (Lipinski definition) is 2. The lowest BCUT2D eigenvalue weighted by atomic mass is 10.0. The molecular weight excluding hydrogens is 246 g/mol. The molecule has 1 heterocycles. The number of nitrogens with one attached hydrogen (secondary N) is 2. The van der Waals surface area contributed by atoms with Crippen molar-refractivity contribution in [3.05, 3.63) is 40.8 Å². The minimum atomic E-state index is 0.536. The highest BCUT2D eigenvalue weighted by atomic mass is 35.5. The molecule has 1 aromatic carbocycles. The van der Waals surface area contributed by atoms with Crippen molar-refractivity contribution in [2.24, 2.45) is 0 Å². The van der Waals surface area contributed by atoms with Crippen LogP contribution in [0.3, 0.4) is 0 Å². The van der Waals surface area contributed by atoms with Crippen LogP contribution in [0, 0.1) is 0 Å². The Labute approximate surface area is 113 Å². The molecule has 0 aliphatic rings. The second-order valence-corrected chi connectivity index (χ2v) is 5.03. The summed E-state index contributed by atoms with van der Waals surface area (Å²) >= 11 is 6.17. The normalized spacial score (nSPS) is 11.2. The molecule has 2 aromatic rings. The van der Waals surface area contributed by atoms with Gasteiger partial charge in [0.2, 0.25) is 0 Å². The predicted octanol–water partition coefficient (Wildman–Crippen LogP) is 3.57. The van der Waals surface area contributed by atoms with Crippen molar-refractivity contribution in [3.63, 3.8) is 0 Å². The van der Waals surface area contributed by atoms with Gasteiger partial charge in [-0.25, -0.2) is 4.98 Å². The molecule has 0 atom stereocenters. The highest BCUT2D eigenvalue weighted by Crippen LogP contribution is 2.27. The van der Waals surface area contributed by atoms with Gasteiger partial charge in [0.05, 0.1) is 6.54 Å². The Morgan fingerprint density at radius 3 is 2.50 bits per heavy atom. The average Bonchev–Trinajstić information content (AvgIpc) is 2.71. The minimum Gasteiger partial charge on any atom is -0.331 e. The van der Waals surface area contributed by atoms with E-state index in [4.69, 9.17) is 11.6 Å². The van der Waals surface area contributed by atoms with Crippen LogP contribution in [-0.2, 0) is 6.54 Å². The Balaban J connectivity index is 2.30. The third-order valence-electron chi connectivity index (χ3n) is 2.90. The van der Waals surface area contributed by atoms with Gasteiger partial charge in [0.1, 0.15) is 16.7 Å². The maximum Gasteiger partial charge on any atom is 0.134 e. The molecule has 0 radical (unpaired) electrons. The van der Waals surface area contributed by atoms with Crippen LogP contribution in [0.4, 0.5) is 0 Å². The fraction of sp³-hybridized carbons (Fsp3) is 0.357. The van der Waals surface area contributed by atoms with Crippen LogP contribution in [0.2, 0.25) is 5.15 Å². The molecular formula is C14H18ClN3. The molecule has 96 valence electrons. The topological polar surface area (TPSA) is 40.7 Å². The molecule has 2 rings (SSSR count). The minimum absolute atomic E-state index is 0.536. The average molecular weight is 264 g/mol. The van der Waals surface area contributed by atoms with Gasteiger partial charge in [-0.05, 0) is 18.5 Å². The summed E-state index contributed by atoms with van der Waals surface area (Å²) in [5, 5.41) is 3.64. The fourth-order valence-electron chi connectivity index (χ4n) is 1.87. The molecule has 2 N–H and O–H groups in total. The SMILES string of the molecule is CNCc1nc(-c2ccc(C(C)C)cc2)c(Cl)[nH]1. The molecule has 3 nitrogen and oxygen atoms in total. The van der Waals surface area contributed by atoms with E-state index in [2.05, 4.69) is 53.4 Å². The molecule has 1 aromatic heterocycles. The molecule has 0 spiro atoms. The number of benzene rings is 1. The van der Waals surface area contributed by atoms with Crippen molar-refractivity contribution in [1.29, 1.82) is 0 Å². The van der Waals surface area contributed by atoms with Crippen LogP contribution in [0.15, 0.2) is 24.3 Å². The van der Waals surface area contributed by atoms with Crippen molar-refractivity contribution in [2.45, 2.75) is 26.3 Å². The summed E-state index contributed by atoms with van der Waals surface area (Å²) in [6, 6.07) is 8.40. The number of H-pyrrole nitrogens is 1. The highest BCUT2D eigenvalue weighted by Gasteiger charge is 2.10. The van der Waals surface area contributed by atoms with Gasteiger partial charge in [0, 0.05) is 5.56 Å². The Hall–Kier alpha value is -1.32. The first-order valence-electron chi connectivity index (χ1n) is 6.11. The van der Waals surface area contributed by atoms with E-state index in [1.54, 1.807) is 0 Å². The van der Waals surface area contributed by atoms with E-state index in [9.17, 15) is 0 Å². The standard InChI is InChI=1S/C14H18ClN3/c1-9(2)10-4-6-11(7-5-10)13-14(15)18-12(17-13)8-16-3/h4-7,9,16H,8H2,1-3H3,(H,17,18). The zero-order valence-corrected chi connectivity index (χ0v) is 11.7. The Kier molecular flexibility index (Phi) is 4.04. The zero-order valence-electron chi connectivity index (χ0n) is 10.9. The maximum absolute atomic E-state index is 6.17. The quantitative estimate of drug-likeness (QED) is 0.885. The van der Waals surface area contributed by atoms with Crippen molar-refractivity contribution in [1.82, 2.24) is 15.3 Å². The third kappa shape index (κ3) is 2.74. The molecule has 0 aliphatic heterocycles. The van der Waals surface area contributed by atoms with E-state index >= 15 is 0 Å². The number of nitrogens with zero attached hydrogens (tertiary/aromatic N) is 1. The van der Waals surface area contributed by atoms with E-state index < -0.39 is 0 Å². The lowest BCUT2D eigenvalue weighted by molar-refractivity contribution is 0.772. The summed E-state index contributed by atoms with van der Waals surface area (Å²) in [5.41, 5.74) is 3.18.